The van der Waals surface area contributed by atoms with E-state index in [2.05, 4.69) is 4.90 Å². The molecule has 16 heavy (non-hydrogen) atoms. The van der Waals surface area contributed by atoms with Gasteiger partial charge >= 0.3 is 5.97 Å². The zero-order valence-corrected chi connectivity index (χ0v) is 9.85. The van der Waals surface area contributed by atoms with Crippen molar-refractivity contribution < 1.29 is 15.0 Å². The van der Waals surface area contributed by atoms with Crippen LogP contribution in [0.25, 0.3) is 0 Å². The molecule has 0 aliphatic carbocycles. The summed E-state index contributed by atoms with van der Waals surface area (Å²) in [6.07, 6.45) is 4.46. The number of aliphatic hydroxyl groups is 1. The van der Waals surface area contributed by atoms with Crippen molar-refractivity contribution in [3.63, 3.8) is 0 Å². The molecule has 0 saturated carbocycles. The average molecular weight is 227 g/mol. The first kappa shape index (κ1) is 13.2. The number of carboxylic acid groups (broad SMARTS) is 1. The second-order valence-electron chi connectivity index (χ2n) is 4.58. The molecule has 0 spiro atoms. The van der Waals surface area contributed by atoms with E-state index in [1.807, 2.05) is 6.92 Å². The standard InChI is InChI=1S/C12H21NO3/c1-10(7-12(15)16)8-13-5-2-3-11(9-13)4-6-14/h7,11,14H,2-6,8-9H2,1H3,(H,15,16). The highest BCUT2D eigenvalue weighted by Crippen LogP contribution is 2.19. The Balaban J connectivity index is 2.39. The Labute approximate surface area is 96.6 Å². The van der Waals surface area contributed by atoms with Crippen LogP contribution >= 0.6 is 0 Å². The molecule has 0 radical (unpaired) electrons. The largest absolute Gasteiger partial charge is 0.478 e. The molecule has 1 aliphatic heterocycles. The topological polar surface area (TPSA) is 60.8 Å². The van der Waals surface area contributed by atoms with Gasteiger partial charge in [0, 0.05) is 25.8 Å². The highest BCUT2D eigenvalue weighted by molar-refractivity contribution is 5.80. The Morgan fingerprint density at radius 2 is 2.31 bits per heavy atom. The van der Waals surface area contributed by atoms with Crippen LogP contribution in [0.2, 0.25) is 0 Å². The summed E-state index contributed by atoms with van der Waals surface area (Å²) in [5.41, 5.74) is 0.886. The summed E-state index contributed by atoms with van der Waals surface area (Å²) in [7, 11) is 0. The van der Waals surface area contributed by atoms with E-state index in [1.54, 1.807) is 0 Å². The first-order chi connectivity index (χ1) is 7.61. The third-order valence-corrected chi connectivity index (χ3v) is 2.98. The summed E-state index contributed by atoms with van der Waals surface area (Å²) in [6.45, 7) is 4.85. The van der Waals surface area contributed by atoms with Crippen LogP contribution in [-0.2, 0) is 4.79 Å². The number of piperidine rings is 1. The fourth-order valence-corrected chi connectivity index (χ4v) is 2.32. The number of carbonyl (C=O) groups is 1. The summed E-state index contributed by atoms with van der Waals surface area (Å²) < 4.78 is 0. The maximum absolute atomic E-state index is 10.5. The van der Waals surface area contributed by atoms with Crippen LogP contribution in [0, 0.1) is 5.92 Å². The van der Waals surface area contributed by atoms with Gasteiger partial charge in [0.05, 0.1) is 0 Å². The molecule has 0 bridgehead atoms. The fraction of sp³-hybridized carbons (Fsp3) is 0.750. The van der Waals surface area contributed by atoms with Crippen molar-refractivity contribution in [2.24, 2.45) is 5.92 Å². The maximum Gasteiger partial charge on any atom is 0.328 e. The minimum Gasteiger partial charge on any atom is -0.478 e. The van der Waals surface area contributed by atoms with E-state index in [-0.39, 0.29) is 6.61 Å². The molecule has 92 valence electrons. The van der Waals surface area contributed by atoms with Crippen LogP contribution in [0.3, 0.4) is 0 Å². The first-order valence-electron chi connectivity index (χ1n) is 5.85. The maximum atomic E-state index is 10.5. The van der Waals surface area contributed by atoms with Crippen molar-refractivity contribution in [3.8, 4) is 0 Å². The highest BCUT2D eigenvalue weighted by atomic mass is 16.4. The summed E-state index contributed by atoms with van der Waals surface area (Å²) in [5, 5.41) is 17.5. The lowest BCUT2D eigenvalue weighted by atomic mass is 9.95. The van der Waals surface area contributed by atoms with Crippen molar-refractivity contribution in [1.82, 2.24) is 4.90 Å². The molecule has 1 rings (SSSR count). The lowest BCUT2D eigenvalue weighted by Crippen LogP contribution is -2.36. The number of likely N-dealkylation sites (tertiary alicyclic amines) is 1. The van der Waals surface area contributed by atoms with Gasteiger partial charge in [-0.3, -0.25) is 4.90 Å². The first-order valence-corrected chi connectivity index (χ1v) is 5.85. The monoisotopic (exact) mass is 227 g/mol. The predicted molar refractivity (Wildman–Crippen MR) is 62.3 cm³/mol. The molecule has 2 N–H and O–H groups in total. The van der Waals surface area contributed by atoms with Gasteiger partial charge in [0.15, 0.2) is 0 Å². The average Bonchev–Trinajstić information content (AvgIpc) is 2.17. The van der Waals surface area contributed by atoms with E-state index < -0.39 is 5.97 Å². The van der Waals surface area contributed by atoms with E-state index in [1.165, 1.54) is 12.5 Å². The molecule has 4 nitrogen and oxygen atoms in total. The van der Waals surface area contributed by atoms with Gasteiger partial charge in [-0.15, -0.1) is 0 Å². The van der Waals surface area contributed by atoms with Gasteiger partial charge in [0.1, 0.15) is 0 Å². The van der Waals surface area contributed by atoms with Crippen LogP contribution in [0.1, 0.15) is 26.2 Å². The van der Waals surface area contributed by atoms with E-state index in [4.69, 9.17) is 10.2 Å². The smallest absolute Gasteiger partial charge is 0.328 e. The SMILES string of the molecule is CC(=CC(=O)O)CN1CCCC(CCO)C1. The summed E-state index contributed by atoms with van der Waals surface area (Å²) in [4.78, 5) is 12.8. The highest BCUT2D eigenvalue weighted by Gasteiger charge is 2.19. The van der Waals surface area contributed by atoms with Gasteiger partial charge in [-0.05, 0) is 38.6 Å². The number of nitrogens with zero attached hydrogens (tertiary/aromatic N) is 1. The molecule has 4 heteroatoms. The molecule has 1 unspecified atom stereocenters. The van der Waals surface area contributed by atoms with E-state index in [9.17, 15) is 4.79 Å². The Bertz CT molecular complexity index is 261. The molecule has 1 heterocycles. The Kier molecular flexibility index (Phi) is 5.49. The number of aliphatic carboxylic acids is 1. The van der Waals surface area contributed by atoms with E-state index >= 15 is 0 Å². The van der Waals surface area contributed by atoms with Crippen molar-refractivity contribution in [2.45, 2.75) is 26.2 Å². The number of rotatable bonds is 5. The molecule has 1 aliphatic rings. The second kappa shape index (κ2) is 6.66. The predicted octanol–water partition coefficient (Wildman–Crippen LogP) is 1.11. The third kappa shape index (κ3) is 4.77. The van der Waals surface area contributed by atoms with Crippen molar-refractivity contribution >= 4 is 5.97 Å². The summed E-state index contributed by atoms with van der Waals surface area (Å²) >= 11 is 0. The second-order valence-corrected chi connectivity index (χ2v) is 4.58. The lowest BCUT2D eigenvalue weighted by Gasteiger charge is -2.32. The molecule has 0 aromatic carbocycles. The number of hydrogen-bond donors (Lipinski definition) is 2. The van der Waals surface area contributed by atoms with Gasteiger partial charge in [0.2, 0.25) is 0 Å². The van der Waals surface area contributed by atoms with Gasteiger partial charge in [-0.1, -0.05) is 5.57 Å². The molecule has 1 atom stereocenters. The Hall–Kier alpha value is -0.870. The van der Waals surface area contributed by atoms with Crippen LogP contribution in [0.4, 0.5) is 0 Å². The molecule has 1 saturated heterocycles. The zero-order chi connectivity index (χ0) is 12.0. The van der Waals surface area contributed by atoms with Gasteiger partial charge in [-0.25, -0.2) is 4.79 Å². The van der Waals surface area contributed by atoms with E-state index in [0.29, 0.717) is 5.92 Å². The molecule has 0 amide bonds. The van der Waals surface area contributed by atoms with Gasteiger partial charge < -0.3 is 10.2 Å². The molecule has 0 aromatic heterocycles. The summed E-state index contributed by atoms with van der Waals surface area (Å²) in [6, 6.07) is 0. The number of carboxylic acids is 1. The zero-order valence-electron chi connectivity index (χ0n) is 9.85. The molecular formula is C12H21NO3. The Morgan fingerprint density at radius 1 is 1.56 bits per heavy atom. The van der Waals surface area contributed by atoms with Crippen molar-refractivity contribution in [1.29, 1.82) is 0 Å². The normalized spacial score (nSPS) is 23.4. The number of aliphatic hydroxyl groups excluding tert-OH is 1. The third-order valence-electron chi connectivity index (χ3n) is 2.98. The molecule has 0 aromatic rings. The van der Waals surface area contributed by atoms with Crippen LogP contribution in [0.5, 0.6) is 0 Å². The molecule has 1 fully saturated rings. The quantitative estimate of drug-likeness (QED) is 0.691. The van der Waals surface area contributed by atoms with Crippen LogP contribution < -0.4 is 0 Å². The van der Waals surface area contributed by atoms with Gasteiger partial charge in [-0.2, -0.15) is 0 Å². The van der Waals surface area contributed by atoms with Crippen LogP contribution in [-0.4, -0.2) is 47.3 Å². The van der Waals surface area contributed by atoms with Crippen molar-refractivity contribution in [3.05, 3.63) is 11.6 Å². The molecular weight excluding hydrogens is 206 g/mol. The fourth-order valence-electron chi connectivity index (χ4n) is 2.32. The van der Waals surface area contributed by atoms with Gasteiger partial charge in [0.25, 0.3) is 0 Å². The van der Waals surface area contributed by atoms with Crippen molar-refractivity contribution in [2.75, 3.05) is 26.2 Å². The van der Waals surface area contributed by atoms with E-state index in [0.717, 1.165) is 38.0 Å². The number of hydrogen-bond acceptors (Lipinski definition) is 3. The summed E-state index contributed by atoms with van der Waals surface area (Å²) in [5.74, 6) is -0.308. The van der Waals surface area contributed by atoms with Crippen LogP contribution in [0.15, 0.2) is 11.6 Å². The Morgan fingerprint density at radius 3 is 2.94 bits per heavy atom. The minimum atomic E-state index is -0.874. The minimum absolute atomic E-state index is 0.252. The lowest BCUT2D eigenvalue weighted by molar-refractivity contribution is -0.131.